The van der Waals surface area contributed by atoms with Crippen LogP contribution in [0.3, 0.4) is 0 Å². The van der Waals surface area contributed by atoms with Crippen molar-refractivity contribution in [3.05, 3.63) is 71.2 Å². The van der Waals surface area contributed by atoms with E-state index in [9.17, 15) is 13.2 Å². The fourth-order valence-corrected chi connectivity index (χ4v) is 3.98. The van der Waals surface area contributed by atoms with Crippen LogP contribution in [0.5, 0.6) is 0 Å². The SMILES string of the molecule is C=CCNC(=O)CN(c1cccc(Cl)c1Cl)S(=O)(=O)c1ccccc1. The van der Waals surface area contributed by atoms with Gasteiger partial charge in [0.15, 0.2) is 0 Å². The van der Waals surface area contributed by atoms with E-state index in [2.05, 4.69) is 11.9 Å². The van der Waals surface area contributed by atoms with Gasteiger partial charge in [-0.3, -0.25) is 9.10 Å². The molecule has 0 aromatic heterocycles. The van der Waals surface area contributed by atoms with Crippen molar-refractivity contribution in [2.24, 2.45) is 0 Å². The van der Waals surface area contributed by atoms with E-state index in [1.807, 2.05) is 0 Å². The summed E-state index contributed by atoms with van der Waals surface area (Å²) < 4.78 is 27.0. The summed E-state index contributed by atoms with van der Waals surface area (Å²) in [5.74, 6) is -0.490. The zero-order valence-electron chi connectivity index (χ0n) is 13.2. The number of rotatable bonds is 7. The minimum Gasteiger partial charge on any atom is -0.351 e. The number of amides is 1. The van der Waals surface area contributed by atoms with Crippen LogP contribution in [0.25, 0.3) is 0 Å². The van der Waals surface area contributed by atoms with Crippen LogP contribution in [0.4, 0.5) is 5.69 Å². The maximum atomic E-state index is 13.0. The molecule has 0 fully saturated rings. The van der Waals surface area contributed by atoms with Gasteiger partial charge in [-0.25, -0.2) is 8.42 Å². The molecule has 0 spiro atoms. The van der Waals surface area contributed by atoms with Gasteiger partial charge in [-0.15, -0.1) is 6.58 Å². The van der Waals surface area contributed by atoms with Gasteiger partial charge in [-0.2, -0.15) is 0 Å². The normalized spacial score (nSPS) is 11.0. The van der Waals surface area contributed by atoms with Crippen LogP contribution in [-0.4, -0.2) is 27.4 Å². The van der Waals surface area contributed by atoms with Crippen molar-refractivity contribution in [3.8, 4) is 0 Å². The van der Waals surface area contributed by atoms with E-state index < -0.39 is 22.5 Å². The lowest BCUT2D eigenvalue weighted by atomic mass is 10.3. The van der Waals surface area contributed by atoms with Crippen molar-refractivity contribution >= 4 is 44.8 Å². The number of carbonyl (C=O) groups is 1. The molecule has 2 aromatic rings. The molecule has 0 heterocycles. The molecule has 0 saturated heterocycles. The van der Waals surface area contributed by atoms with Gasteiger partial charge in [0, 0.05) is 6.54 Å². The Balaban J connectivity index is 2.51. The summed E-state index contributed by atoms with van der Waals surface area (Å²) in [5, 5.41) is 2.80. The second kappa shape index (κ2) is 8.38. The van der Waals surface area contributed by atoms with E-state index in [4.69, 9.17) is 23.2 Å². The molecule has 1 N–H and O–H groups in total. The Labute approximate surface area is 156 Å². The molecule has 0 unspecified atom stereocenters. The first-order chi connectivity index (χ1) is 11.9. The van der Waals surface area contributed by atoms with Gasteiger partial charge in [0.25, 0.3) is 10.0 Å². The number of sulfonamides is 1. The molecule has 8 heteroatoms. The molecule has 1 amide bonds. The molecule has 2 aromatic carbocycles. The van der Waals surface area contributed by atoms with Crippen LogP contribution in [-0.2, 0) is 14.8 Å². The first-order valence-electron chi connectivity index (χ1n) is 7.27. The van der Waals surface area contributed by atoms with Crippen molar-refractivity contribution in [1.82, 2.24) is 5.32 Å². The number of benzene rings is 2. The smallest absolute Gasteiger partial charge is 0.264 e. The predicted molar refractivity (Wildman–Crippen MR) is 101 cm³/mol. The predicted octanol–water partition coefficient (Wildman–Crippen LogP) is 3.49. The van der Waals surface area contributed by atoms with Crippen molar-refractivity contribution in [2.75, 3.05) is 17.4 Å². The molecule has 0 aliphatic rings. The number of hydrogen-bond donors (Lipinski definition) is 1. The summed E-state index contributed by atoms with van der Waals surface area (Å²) >= 11 is 12.2. The first-order valence-corrected chi connectivity index (χ1v) is 9.47. The Morgan fingerprint density at radius 2 is 1.80 bits per heavy atom. The third kappa shape index (κ3) is 4.54. The zero-order valence-corrected chi connectivity index (χ0v) is 15.5. The monoisotopic (exact) mass is 398 g/mol. The van der Waals surface area contributed by atoms with Crippen LogP contribution >= 0.6 is 23.2 Å². The van der Waals surface area contributed by atoms with E-state index in [0.717, 1.165) is 4.31 Å². The Kier molecular flexibility index (Phi) is 6.47. The van der Waals surface area contributed by atoms with Crippen molar-refractivity contribution in [1.29, 1.82) is 0 Å². The minimum atomic E-state index is -4.01. The van der Waals surface area contributed by atoms with Gasteiger partial charge < -0.3 is 5.32 Å². The van der Waals surface area contributed by atoms with Gasteiger partial charge in [0.1, 0.15) is 6.54 Å². The molecular formula is C17H16Cl2N2O3S. The Hall–Kier alpha value is -2.02. The quantitative estimate of drug-likeness (QED) is 0.725. The summed E-state index contributed by atoms with van der Waals surface area (Å²) in [5.41, 5.74) is 0.131. The summed E-state index contributed by atoms with van der Waals surface area (Å²) in [6, 6.07) is 12.4. The van der Waals surface area contributed by atoms with Crippen LogP contribution < -0.4 is 9.62 Å². The summed E-state index contributed by atoms with van der Waals surface area (Å²) in [4.78, 5) is 12.2. The van der Waals surface area contributed by atoms with Crippen molar-refractivity contribution in [3.63, 3.8) is 0 Å². The van der Waals surface area contributed by atoms with E-state index >= 15 is 0 Å². The summed E-state index contributed by atoms with van der Waals surface area (Å²) in [6.07, 6.45) is 1.50. The minimum absolute atomic E-state index is 0.0440. The van der Waals surface area contributed by atoms with Crippen molar-refractivity contribution < 1.29 is 13.2 Å². The largest absolute Gasteiger partial charge is 0.351 e. The van der Waals surface area contributed by atoms with Crippen LogP contribution in [0.15, 0.2) is 66.1 Å². The molecule has 132 valence electrons. The van der Waals surface area contributed by atoms with Gasteiger partial charge >= 0.3 is 0 Å². The highest BCUT2D eigenvalue weighted by molar-refractivity contribution is 7.92. The van der Waals surface area contributed by atoms with Gasteiger partial charge in [0.05, 0.1) is 20.6 Å². The average molecular weight is 399 g/mol. The number of nitrogens with one attached hydrogen (secondary N) is 1. The van der Waals surface area contributed by atoms with E-state index in [-0.39, 0.29) is 27.2 Å². The van der Waals surface area contributed by atoms with Gasteiger partial charge in [0.2, 0.25) is 5.91 Å². The molecule has 0 bridgehead atoms. The van der Waals surface area contributed by atoms with E-state index in [0.29, 0.717) is 0 Å². The lowest BCUT2D eigenvalue weighted by Crippen LogP contribution is -2.41. The van der Waals surface area contributed by atoms with Crippen molar-refractivity contribution in [2.45, 2.75) is 4.90 Å². The van der Waals surface area contributed by atoms with E-state index in [1.54, 1.807) is 30.3 Å². The molecule has 0 atom stereocenters. The summed E-state index contributed by atoms with van der Waals surface area (Å²) in [6.45, 7) is 3.29. The third-order valence-electron chi connectivity index (χ3n) is 3.26. The molecule has 2 rings (SSSR count). The number of carbonyl (C=O) groups excluding carboxylic acids is 1. The van der Waals surface area contributed by atoms with Crippen LogP contribution in [0, 0.1) is 0 Å². The number of nitrogens with zero attached hydrogens (tertiary/aromatic N) is 1. The molecule has 0 aliphatic heterocycles. The average Bonchev–Trinajstić information content (AvgIpc) is 2.61. The Bertz CT molecular complexity index is 871. The first kappa shape index (κ1) is 19.3. The Morgan fingerprint density at radius 3 is 2.44 bits per heavy atom. The topological polar surface area (TPSA) is 66.5 Å². The highest BCUT2D eigenvalue weighted by Gasteiger charge is 2.29. The zero-order chi connectivity index (χ0) is 18.4. The molecule has 0 radical (unpaired) electrons. The fraction of sp³-hybridized carbons (Fsp3) is 0.118. The van der Waals surface area contributed by atoms with Gasteiger partial charge in [-0.1, -0.05) is 53.5 Å². The second-order valence-corrected chi connectivity index (χ2v) is 7.64. The van der Waals surface area contributed by atoms with E-state index in [1.165, 1.54) is 24.3 Å². The van der Waals surface area contributed by atoms with Crippen LogP contribution in [0.2, 0.25) is 10.0 Å². The summed E-state index contributed by atoms with van der Waals surface area (Å²) in [7, 11) is -4.01. The number of halogens is 2. The Morgan fingerprint density at radius 1 is 1.12 bits per heavy atom. The fourth-order valence-electron chi connectivity index (χ4n) is 2.08. The lowest BCUT2D eigenvalue weighted by Gasteiger charge is -2.25. The second-order valence-electron chi connectivity index (χ2n) is 4.99. The molecule has 0 aliphatic carbocycles. The maximum absolute atomic E-state index is 13.0. The maximum Gasteiger partial charge on any atom is 0.264 e. The molecule has 5 nitrogen and oxygen atoms in total. The van der Waals surface area contributed by atoms with Crippen LogP contribution in [0.1, 0.15) is 0 Å². The highest BCUT2D eigenvalue weighted by atomic mass is 35.5. The third-order valence-corrected chi connectivity index (χ3v) is 5.84. The lowest BCUT2D eigenvalue weighted by molar-refractivity contribution is -0.119. The number of anilines is 1. The molecule has 0 saturated carbocycles. The van der Waals surface area contributed by atoms with Gasteiger partial charge in [-0.05, 0) is 24.3 Å². The molecule has 25 heavy (non-hydrogen) atoms. The number of hydrogen-bond acceptors (Lipinski definition) is 3. The highest BCUT2D eigenvalue weighted by Crippen LogP contribution is 2.35. The molecular weight excluding hydrogens is 383 g/mol. The standard InChI is InChI=1S/C17H16Cl2N2O3S/c1-2-11-20-16(22)12-21(15-10-6-9-14(18)17(15)19)25(23,24)13-7-4-3-5-8-13/h2-10H,1,11-12H2,(H,20,22).